The van der Waals surface area contributed by atoms with Crippen molar-refractivity contribution in [2.24, 2.45) is 0 Å². The van der Waals surface area contributed by atoms with Crippen molar-refractivity contribution in [3.05, 3.63) is 59.3 Å². The number of hydrogen-bond donors (Lipinski definition) is 4. The van der Waals surface area contributed by atoms with E-state index >= 15 is 0 Å². The van der Waals surface area contributed by atoms with Crippen LogP contribution in [0.3, 0.4) is 0 Å². The van der Waals surface area contributed by atoms with Gasteiger partial charge in [0.15, 0.2) is 5.69 Å². The molecule has 0 aliphatic carbocycles. The topological polar surface area (TPSA) is 138 Å². The van der Waals surface area contributed by atoms with Gasteiger partial charge in [-0.3, -0.25) is 24.5 Å². The van der Waals surface area contributed by atoms with Gasteiger partial charge < -0.3 is 10.3 Å². The zero-order chi connectivity index (χ0) is 21.3. The molecule has 0 atom stereocenters. The second-order valence-corrected chi connectivity index (χ2v) is 6.69. The number of H-pyrrole nitrogens is 2. The molecular formula is C20H19N7O3. The highest BCUT2D eigenvalue weighted by atomic mass is 16.6. The summed E-state index contributed by atoms with van der Waals surface area (Å²) in [4.78, 5) is 40.7. The number of amides is 2. The number of carbonyl (C=O) groups is 2. The number of nitrogens with zero attached hydrogens (tertiary/aromatic N) is 3. The lowest BCUT2D eigenvalue weighted by Gasteiger charge is -2.03. The summed E-state index contributed by atoms with van der Waals surface area (Å²) in [7, 11) is 1.36. The zero-order valence-electron chi connectivity index (χ0n) is 16.5. The Morgan fingerprint density at radius 1 is 1.10 bits per heavy atom. The van der Waals surface area contributed by atoms with Crippen molar-refractivity contribution in [3.8, 4) is 11.3 Å². The van der Waals surface area contributed by atoms with Crippen LogP contribution in [-0.4, -0.2) is 44.1 Å². The van der Waals surface area contributed by atoms with Gasteiger partial charge >= 0.3 is 0 Å². The van der Waals surface area contributed by atoms with E-state index in [2.05, 4.69) is 40.8 Å². The Morgan fingerprint density at radius 2 is 1.93 bits per heavy atom. The lowest BCUT2D eigenvalue weighted by atomic mass is 10.1. The van der Waals surface area contributed by atoms with Gasteiger partial charge in [-0.25, -0.2) is 10.5 Å². The van der Waals surface area contributed by atoms with Crippen molar-refractivity contribution in [1.82, 2.24) is 30.6 Å². The van der Waals surface area contributed by atoms with Gasteiger partial charge in [0.25, 0.3) is 11.8 Å². The summed E-state index contributed by atoms with van der Waals surface area (Å²) in [5, 5.41) is 10.5. The maximum absolute atomic E-state index is 12.5. The fourth-order valence-corrected chi connectivity index (χ4v) is 3.00. The summed E-state index contributed by atoms with van der Waals surface area (Å²) >= 11 is 0. The van der Waals surface area contributed by atoms with Crippen LogP contribution in [0.15, 0.2) is 36.7 Å². The Labute approximate surface area is 171 Å². The van der Waals surface area contributed by atoms with Crippen LogP contribution in [-0.2, 0) is 4.84 Å². The SMILES string of the molecule is CONC(=O)c1cc(-c2cc3cc(NC(=O)c4n[nH]c(C)c4C)cnc3[nH]2)ccn1. The molecule has 152 valence electrons. The van der Waals surface area contributed by atoms with Gasteiger partial charge in [0, 0.05) is 34.1 Å². The lowest BCUT2D eigenvalue weighted by Crippen LogP contribution is -2.22. The van der Waals surface area contributed by atoms with Gasteiger partial charge in [-0.2, -0.15) is 5.10 Å². The van der Waals surface area contributed by atoms with E-state index < -0.39 is 5.91 Å². The number of nitrogens with one attached hydrogen (secondary N) is 4. The van der Waals surface area contributed by atoms with Crippen LogP contribution in [0.1, 0.15) is 32.2 Å². The first-order valence-electron chi connectivity index (χ1n) is 9.07. The predicted octanol–water partition coefficient (Wildman–Crippen LogP) is 2.51. The van der Waals surface area contributed by atoms with E-state index in [-0.39, 0.29) is 11.6 Å². The summed E-state index contributed by atoms with van der Waals surface area (Å²) < 4.78 is 0. The van der Waals surface area contributed by atoms with Crippen LogP contribution in [0, 0.1) is 13.8 Å². The first kappa shape index (κ1) is 19.3. The van der Waals surface area contributed by atoms with Gasteiger partial charge in [-0.15, -0.1) is 0 Å². The largest absolute Gasteiger partial charge is 0.339 e. The number of fused-ring (bicyclic) bond motifs is 1. The third-order valence-electron chi connectivity index (χ3n) is 4.69. The second-order valence-electron chi connectivity index (χ2n) is 6.69. The number of anilines is 1. The number of aromatic nitrogens is 5. The molecule has 30 heavy (non-hydrogen) atoms. The Kier molecular flexibility index (Phi) is 4.98. The lowest BCUT2D eigenvalue weighted by molar-refractivity contribution is 0.0532. The molecule has 0 aliphatic rings. The molecule has 0 spiro atoms. The molecular weight excluding hydrogens is 386 g/mol. The molecule has 10 heteroatoms. The van der Waals surface area contributed by atoms with E-state index in [1.807, 2.05) is 26.0 Å². The number of aromatic amines is 2. The predicted molar refractivity (Wildman–Crippen MR) is 110 cm³/mol. The van der Waals surface area contributed by atoms with Crippen LogP contribution in [0.2, 0.25) is 0 Å². The number of hydroxylamine groups is 1. The van der Waals surface area contributed by atoms with Gasteiger partial charge in [-0.1, -0.05) is 0 Å². The quantitative estimate of drug-likeness (QED) is 0.377. The smallest absolute Gasteiger partial charge is 0.293 e. The standard InChI is InChI=1S/C20H19N7O3/c1-10-11(2)25-26-17(10)20(29)23-14-6-13-8-15(24-18(13)22-9-14)12-4-5-21-16(7-12)19(28)27-30-3/h4-9H,1-3H3,(H,22,24)(H,23,29)(H,25,26)(H,27,28). The van der Waals surface area contributed by atoms with Crippen molar-refractivity contribution in [1.29, 1.82) is 0 Å². The highest BCUT2D eigenvalue weighted by Crippen LogP contribution is 2.25. The van der Waals surface area contributed by atoms with Crippen molar-refractivity contribution in [2.75, 3.05) is 12.4 Å². The maximum atomic E-state index is 12.5. The molecule has 0 aliphatic heterocycles. The Morgan fingerprint density at radius 3 is 2.67 bits per heavy atom. The number of aryl methyl sites for hydroxylation is 1. The molecule has 0 saturated carbocycles. The number of rotatable bonds is 5. The van der Waals surface area contributed by atoms with Crippen molar-refractivity contribution >= 4 is 28.5 Å². The first-order valence-corrected chi connectivity index (χ1v) is 9.07. The van der Waals surface area contributed by atoms with Gasteiger partial charge in [-0.05, 0) is 38.1 Å². The summed E-state index contributed by atoms with van der Waals surface area (Å²) in [6.45, 7) is 3.70. The minimum atomic E-state index is -0.442. The molecule has 10 nitrogen and oxygen atoms in total. The van der Waals surface area contributed by atoms with E-state index in [1.165, 1.54) is 7.11 Å². The molecule has 0 saturated heterocycles. The number of hydrogen-bond acceptors (Lipinski definition) is 6. The van der Waals surface area contributed by atoms with Gasteiger partial charge in [0.2, 0.25) is 0 Å². The van der Waals surface area contributed by atoms with Crippen molar-refractivity contribution in [3.63, 3.8) is 0 Å². The van der Waals surface area contributed by atoms with Crippen molar-refractivity contribution < 1.29 is 14.4 Å². The normalized spacial score (nSPS) is 10.9. The fraction of sp³-hybridized carbons (Fsp3) is 0.150. The van der Waals surface area contributed by atoms with Crippen LogP contribution in [0.5, 0.6) is 0 Å². The molecule has 4 aromatic heterocycles. The average molecular weight is 405 g/mol. The third kappa shape index (κ3) is 3.63. The zero-order valence-corrected chi connectivity index (χ0v) is 16.5. The average Bonchev–Trinajstić information content (AvgIpc) is 3.31. The van der Waals surface area contributed by atoms with E-state index in [4.69, 9.17) is 0 Å². The number of pyridine rings is 2. The third-order valence-corrected chi connectivity index (χ3v) is 4.69. The highest BCUT2D eigenvalue weighted by molar-refractivity contribution is 6.04. The number of carbonyl (C=O) groups excluding carboxylic acids is 2. The Hall–Kier alpha value is -4.05. The van der Waals surface area contributed by atoms with E-state index in [0.29, 0.717) is 17.0 Å². The molecule has 4 heterocycles. The van der Waals surface area contributed by atoms with Crippen LogP contribution in [0.4, 0.5) is 5.69 Å². The van der Waals surface area contributed by atoms with E-state index in [0.717, 1.165) is 27.9 Å². The Bertz CT molecular complexity index is 1260. The maximum Gasteiger partial charge on any atom is 0.293 e. The Balaban J connectivity index is 1.60. The van der Waals surface area contributed by atoms with E-state index in [1.54, 1.807) is 24.5 Å². The molecule has 0 radical (unpaired) electrons. The summed E-state index contributed by atoms with van der Waals surface area (Å²) in [5.41, 5.74) is 7.17. The fourth-order valence-electron chi connectivity index (χ4n) is 3.00. The molecule has 4 rings (SSSR count). The van der Waals surface area contributed by atoms with Crippen LogP contribution in [0.25, 0.3) is 22.3 Å². The molecule has 0 bridgehead atoms. The minimum Gasteiger partial charge on any atom is -0.339 e. The molecule has 0 aromatic carbocycles. The monoisotopic (exact) mass is 405 g/mol. The minimum absolute atomic E-state index is 0.221. The van der Waals surface area contributed by atoms with Gasteiger partial charge in [0.1, 0.15) is 11.3 Å². The molecule has 2 amide bonds. The summed E-state index contributed by atoms with van der Waals surface area (Å²) in [5.74, 6) is -0.751. The first-order chi connectivity index (χ1) is 14.5. The van der Waals surface area contributed by atoms with Crippen LogP contribution >= 0.6 is 0 Å². The van der Waals surface area contributed by atoms with Crippen molar-refractivity contribution in [2.45, 2.75) is 13.8 Å². The van der Waals surface area contributed by atoms with Crippen LogP contribution < -0.4 is 10.8 Å². The molecule has 0 fully saturated rings. The second kappa shape index (κ2) is 7.76. The highest BCUT2D eigenvalue weighted by Gasteiger charge is 2.15. The molecule has 0 unspecified atom stereocenters. The summed E-state index contributed by atoms with van der Waals surface area (Å²) in [6.07, 6.45) is 3.11. The van der Waals surface area contributed by atoms with Gasteiger partial charge in [0.05, 0.1) is 19.0 Å². The molecule has 4 N–H and O–H groups in total. The summed E-state index contributed by atoms with van der Waals surface area (Å²) in [6, 6.07) is 7.12. The van der Waals surface area contributed by atoms with E-state index in [9.17, 15) is 9.59 Å². The molecule has 4 aromatic rings.